The summed E-state index contributed by atoms with van der Waals surface area (Å²) in [6.45, 7) is 0.887. The number of carbonyl (C=O) groups is 1. The van der Waals surface area contributed by atoms with Gasteiger partial charge in [0.15, 0.2) is 0 Å². The normalized spacial score (nSPS) is 37.5. The molecule has 0 amide bonds. The van der Waals surface area contributed by atoms with E-state index < -0.39 is 5.97 Å². The van der Waals surface area contributed by atoms with Crippen LogP contribution in [0, 0.1) is 11.8 Å². The third-order valence-corrected chi connectivity index (χ3v) is 2.72. The van der Waals surface area contributed by atoms with Crippen molar-refractivity contribution in [2.75, 3.05) is 6.54 Å². The minimum Gasteiger partial charge on any atom is -0.481 e. The van der Waals surface area contributed by atoms with Gasteiger partial charge in [0, 0.05) is 6.04 Å². The molecular formula is C8H13NO2. The van der Waals surface area contributed by atoms with Crippen LogP contribution < -0.4 is 5.32 Å². The van der Waals surface area contributed by atoms with Crippen molar-refractivity contribution >= 4 is 5.97 Å². The highest BCUT2D eigenvalue weighted by atomic mass is 16.4. The van der Waals surface area contributed by atoms with Crippen LogP contribution in [-0.4, -0.2) is 23.7 Å². The molecule has 11 heavy (non-hydrogen) atoms. The summed E-state index contributed by atoms with van der Waals surface area (Å²) in [5.41, 5.74) is 0. The summed E-state index contributed by atoms with van der Waals surface area (Å²) in [5.74, 6) is -0.0620. The van der Waals surface area contributed by atoms with Crippen LogP contribution in [0.25, 0.3) is 0 Å². The standard InChI is InChI=1S/C8H13NO2/c10-8(11)6-3-4-9-7(6)5-1-2-5/h5-7,9H,1-4H2,(H,10,11)/t6-,7+/m1/s1. The first-order chi connectivity index (χ1) is 5.29. The lowest BCUT2D eigenvalue weighted by atomic mass is 9.97. The van der Waals surface area contributed by atoms with E-state index in [-0.39, 0.29) is 12.0 Å². The van der Waals surface area contributed by atoms with Crippen molar-refractivity contribution in [1.82, 2.24) is 5.32 Å². The predicted molar refractivity (Wildman–Crippen MR) is 40.3 cm³/mol. The summed E-state index contributed by atoms with van der Waals surface area (Å²) in [6, 6.07) is 0.285. The predicted octanol–water partition coefficient (Wildman–Crippen LogP) is 0.459. The van der Waals surface area contributed by atoms with E-state index in [1.807, 2.05) is 0 Å². The van der Waals surface area contributed by atoms with Gasteiger partial charge in [0.05, 0.1) is 5.92 Å². The van der Waals surface area contributed by atoms with Crippen molar-refractivity contribution in [2.45, 2.75) is 25.3 Å². The zero-order valence-corrected chi connectivity index (χ0v) is 6.42. The van der Waals surface area contributed by atoms with Crippen LogP contribution in [-0.2, 0) is 4.79 Å². The Morgan fingerprint density at radius 2 is 2.09 bits per heavy atom. The first kappa shape index (κ1) is 7.10. The third-order valence-electron chi connectivity index (χ3n) is 2.72. The topological polar surface area (TPSA) is 49.3 Å². The van der Waals surface area contributed by atoms with Crippen LogP contribution in [0.2, 0.25) is 0 Å². The molecule has 1 saturated carbocycles. The molecule has 1 aliphatic carbocycles. The summed E-state index contributed by atoms with van der Waals surface area (Å²) >= 11 is 0. The van der Waals surface area contributed by atoms with Crippen LogP contribution in [0.5, 0.6) is 0 Å². The second-order valence-corrected chi connectivity index (χ2v) is 3.55. The van der Waals surface area contributed by atoms with E-state index in [4.69, 9.17) is 5.11 Å². The number of carboxylic acid groups (broad SMARTS) is 1. The quantitative estimate of drug-likeness (QED) is 0.609. The molecule has 3 heteroatoms. The van der Waals surface area contributed by atoms with Gasteiger partial charge in [-0.15, -0.1) is 0 Å². The number of hydrogen-bond donors (Lipinski definition) is 2. The number of hydrogen-bond acceptors (Lipinski definition) is 2. The van der Waals surface area contributed by atoms with Gasteiger partial charge in [0.25, 0.3) is 0 Å². The molecule has 2 fully saturated rings. The highest BCUT2D eigenvalue weighted by molar-refractivity contribution is 5.71. The van der Waals surface area contributed by atoms with Gasteiger partial charge >= 0.3 is 5.97 Å². The smallest absolute Gasteiger partial charge is 0.308 e. The SMILES string of the molecule is O=C(O)[C@@H]1CCN[C@H]1C1CC1. The molecule has 0 radical (unpaired) electrons. The maximum Gasteiger partial charge on any atom is 0.308 e. The van der Waals surface area contributed by atoms with Crippen molar-refractivity contribution in [3.63, 3.8) is 0 Å². The Balaban J connectivity index is 2.01. The minimum atomic E-state index is -0.619. The van der Waals surface area contributed by atoms with Gasteiger partial charge in [0.2, 0.25) is 0 Å². The number of carboxylic acids is 1. The van der Waals surface area contributed by atoms with E-state index in [0.29, 0.717) is 5.92 Å². The first-order valence-corrected chi connectivity index (χ1v) is 4.25. The van der Waals surface area contributed by atoms with Gasteiger partial charge in [-0.1, -0.05) is 0 Å². The van der Waals surface area contributed by atoms with Gasteiger partial charge in [-0.25, -0.2) is 0 Å². The Kier molecular flexibility index (Phi) is 1.60. The van der Waals surface area contributed by atoms with Crippen LogP contribution in [0.3, 0.4) is 0 Å². The molecule has 62 valence electrons. The van der Waals surface area contributed by atoms with E-state index in [9.17, 15) is 4.79 Å². The Labute approximate surface area is 65.8 Å². The molecule has 2 N–H and O–H groups in total. The zero-order valence-electron chi connectivity index (χ0n) is 6.42. The summed E-state index contributed by atoms with van der Waals surface area (Å²) in [5, 5.41) is 12.1. The van der Waals surface area contributed by atoms with E-state index in [1.54, 1.807) is 0 Å². The van der Waals surface area contributed by atoms with Crippen LogP contribution in [0.1, 0.15) is 19.3 Å². The average Bonchev–Trinajstić information content (AvgIpc) is 2.68. The maximum atomic E-state index is 10.7. The van der Waals surface area contributed by atoms with Crippen molar-refractivity contribution in [3.8, 4) is 0 Å². The maximum absolute atomic E-state index is 10.7. The van der Waals surface area contributed by atoms with Crippen LogP contribution in [0.4, 0.5) is 0 Å². The fourth-order valence-corrected chi connectivity index (χ4v) is 1.95. The number of aliphatic carboxylic acids is 1. The van der Waals surface area contributed by atoms with Gasteiger partial charge < -0.3 is 10.4 Å². The second-order valence-electron chi connectivity index (χ2n) is 3.55. The summed E-state index contributed by atoms with van der Waals surface area (Å²) < 4.78 is 0. The van der Waals surface area contributed by atoms with Crippen LogP contribution in [0.15, 0.2) is 0 Å². The Morgan fingerprint density at radius 1 is 1.36 bits per heavy atom. The molecule has 0 aromatic heterocycles. The van der Waals surface area contributed by atoms with Crippen molar-refractivity contribution in [3.05, 3.63) is 0 Å². The molecule has 3 nitrogen and oxygen atoms in total. The molecule has 0 aromatic carbocycles. The minimum absolute atomic E-state index is 0.109. The molecule has 1 saturated heterocycles. The molecule has 0 unspecified atom stereocenters. The lowest BCUT2D eigenvalue weighted by Gasteiger charge is -2.13. The van der Waals surface area contributed by atoms with Gasteiger partial charge in [0.1, 0.15) is 0 Å². The molecular weight excluding hydrogens is 142 g/mol. The van der Waals surface area contributed by atoms with Crippen LogP contribution >= 0.6 is 0 Å². The van der Waals surface area contributed by atoms with Gasteiger partial charge in [-0.2, -0.15) is 0 Å². The molecule has 1 heterocycles. The fraction of sp³-hybridized carbons (Fsp3) is 0.875. The fourth-order valence-electron chi connectivity index (χ4n) is 1.95. The second kappa shape index (κ2) is 2.48. The summed E-state index contributed by atoms with van der Waals surface area (Å²) in [4.78, 5) is 10.7. The lowest BCUT2D eigenvalue weighted by molar-refractivity contribution is -0.142. The molecule has 2 aliphatic rings. The van der Waals surface area contributed by atoms with Crippen molar-refractivity contribution in [1.29, 1.82) is 0 Å². The zero-order chi connectivity index (χ0) is 7.84. The third kappa shape index (κ3) is 1.25. The molecule has 1 aliphatic heterocycles. The van der Waals surface area contributed by atoms with E-state index in [1.165, 1.54) is 12.8 Å². The highest BCUT2D eigenvalue weighted by Crippen LogP contribution is 2.38. The van der Waals surface area contributed by atoms with E-state index in [2.05, 4.69) is 5.32 Å². The highest BCUT2D eigenvalue weighted by Gasteiger charge is 2.42. The molecule has 2 atom stereocenters. The number of nitrogens with one attached hydrogen (secondary N) is 1. The van der Waals surface area contributed by atoms with Gasteiger partial charge in [-0.3, -0.25) is 4.79 Å². The number of rotatable bonds is 2. The largest absolute Gasteiger partial charge is 0.481 e. The lowest BCUT2D eigenvalue weighted by Crippen LogP contribution is -2.33. The molecule has 2 rings (SSSR count). The Morgan fingerprint density at radius 3 is 2.64 bits per heavy atom. The monoisotopic (exact) mass is 155 g/mol. The first-order valence-electron chi connectivity index (χ1n) is 4.25. The van der Waals surface area contributed by atoms with Crippen molar-refractivity contribution < 1.29 is 9.90 Å². The Hall–Kier alpha value is -0.570. The summed E-state index contributed by atoms with van der Waals surface area (Å²) in [7, 11) is 0. The van der Waals surface area contributed by atoms with Gasteiger partial charge in [-0.05, 0) is 31.7 Å². The van der Waals surface area contributed by atoms with E-state index >= 15 is 0 Å². The molecule has 0 bridgehead atoms. The van der Waals surface area contributed by atoms with Crippen molar-refractivity contribution in [2.24, 2.45) is 11.8 Å². The molecule has 0 spiro atoms. The Bertz CT molecular complexity index is 177. The average molecular weight is 155 g/mol. The van der Waals surface area contributed by atoms with E-state index in [0.717, 1.165) is 13.0 Å². The molecule has 0 aromatic rings. The summed E-state index contributed by atoms with van der Waals surface area (Å²) in [6.07, 6.45) is 3.26.